The topological polar surface area (TPSA) is 78.9 Å². The Kier molecular flexibility index (Phi) is 5.42. The third kappa shape index (κ3) is 3.43. The van der Waals surface area contributed by atoms with Crippen LogP contribution >= 0.6 is 0 Å². The summed E-state index contributed by atoms with van der Waals surface area (Å²) in [4.78, 5) is 13.4. The van der Waals surface area contributed by atoms with Gasteiger partial charge >= 0.3 is 0 Å². The van der Waals surface area contributed by atoms with Gasteiger partial charge in [0.05, 0.1) is 6.54 Å². The van der Waals surface area contributed by atoms with Crippen molar-refractivity contribution in [3.05, 3.63) is 34.9 Å². The summed E-state index contributed by atoms with van der Waals surface area (Å²) >= 11 is 0. The Morgan fingerprint density at radius 3 is 2.65 bits per heavy atom. The SMILES string of the molecule is CCCN(C/C(N)=N/O)C(=O)c1c(F)ccc(C)c1F. The van der Waals surface area contributed by atoms with Crippen LogP contribution in [0.1, 0.15) is 29.3 Å². The largest absolute Gasteiger partial charge is 0.409 e. The van der Waals surface area contributed by atoms with E-state index in [1.165, 1.54) is 13.0 Å². The van der Waals surface area contributed by atoms with Gasteiger partial charge in [0.15, 0.2) is 5.84 Å². The zero-order valence-electron chi connectivity index (χ0n) is 11.4. The Bertz CT molecular complexity index is 533. The maximum Gasteiger partial charge on any atom is 0.260 e. The molecule has 20 heavy (non-hydrogen) atoms. The van der Waals surface area contributed by atoms with Crippen molar-refractivity contribution in [3.8, 4) is 0 Å². The highest BCUT2D eigenvalue weighted by atomic mass is 19.1. The summed E-state index contributed by atoms with van der Waals surface area (Å²) in [6.07, 6.45) is 0.569. The molecule has 0 fully saturated rings. The molecule has 0 aromatic heterocycles. The van der Waals surface area contributed by atoms with Crippen LogP contribution in [0.3, 0.4) is 0 Å². The lowest BCUT2D eigenvalue weighted by molar-refractivity contribution is 0.0768. The molecule has 7 heteroatoms. The molecule has 1 aromatic carbocycles. The van der Waals surface area contributed by atoms with Crippen molar-refractivity contribution in [3.63, 3.8) is 0 Å². The molecule has 3 N–H and O–H groups in total. The van der Waals surface area contributed by atoms with Gasteiger partial charge in [-0.05, 0) is 25.0 Å². The van der Waals surface area contributed by atoms with Crippen LogP contribution in [0.2, 0.25) is 0 Å². The van der Waals surface area contributed by atoms with Gasteiger partial charge in [-0.15, -0.1) is 0 Å². The molecule has 0 saturated carbocycles. The van der Waals surface area contributed by atoms with Gasteiger partial charge in [-0.1, -0.05) is 18.1 Å². The lowest BCUT2D eigenvalue weighted by Gasteiger charge is -2.22. The Balaban J connectivity index is 3.16. The summed E-state index contributed by atoms with van der Waals surface area (Å²) < 4.78 is 27.6. The van der Waals surface area contributed by atoms with E-state index < -0.39 is 23.1 Å². The van der Waals surface area contributed by atoms with Gasteiger partial charge < -0.3 is 15.8 Å². The van der Waals surface area contributed by atoms with Gasteiger partial charge in [0.25, 0.3) is 5.91 Å². The number of aryl methyl sites for hydroxylation is 1. The van der Waals surface area contributed by atoms with Crippen LogP contribution in [0.15, 0.2) is 17.3 Å². The quantitative estimate of drug-likeness (QED) is 0.375. The molecule has 110 valence electrons. The molecule has 0 radical (unpaired) electrons. The fourth-order valence-corrected chi connectivity index (χ4v) is 1.76. The molecular weight excluding hydrogens is 268 g/mol. The molecule has 0 aliphatic rings. The number of amides is 1. The monoisotopic (exact) mass is 285 g/mol. The molecule has 1 aromatic rings. The third-order valence-corrected chi connectivity index (χ3v) is 2.76. The zero-order chi connectivity index (χ0) is 15.3. The minimum absolute atomic E-state index is 0.176. The maximum atomic E-state index is 13.9. The zero-order valence-corrected chi connectivity index (χ0v) is 11.4. The van der Waals surface area contributed by atoms with Crippen molar-refractivity contribution in [2.75, 3.05) is 13.1 Å². The number of oxime groups is 1. The average molecular weight is 285 g/mol. The summed E-state index contributed by atoms with van der Waals surface area (Å²) in [5.41, 5.74) is 4.90. The van der Waals surface area contributed by atoms with Gasteiger partial charge in [-0.25, -0.2) is 8.78 Å². The predicted octanol–water partition coefficient (Wildman–Crippen LogP) is 1.87. The smallest absolute Gasteiger partial charge is 0.260 e. The lowest BCUT2D eigenvalue weighted by atomic mass is 10.1. The second-order valence-corrected chi connectivity index (χ2v) is 4.37. The number of hydrogen-bond acceptors (Lipinski definition) is 3. The number of amidine groups is 1. The average Bonchev–Trinajstić information content (AvgIpc) is 2.42. The molecule has 0 atom stereocenters. The molecule has 0 unspecified atom stereocenters. The van der Waals surface area contributed by atoms with Gasteiger partial charge in [-0.3, -0.25) is 4.79 Å². The predicted molar refractivity (Wildman–Crippen MR) is 70.7 cm³/mol. The second kappa shape index (κ2) is 6.83. The first-order valence-electron chi connectivity index (χ1n) is 6.12. The van der Waals surface area contributed by atoms with Crippen LogP contribution in [0, 0.1) is 18.6 Å². The molecule has 1 rings (SSSR count). The number of carbonyl (C=O) groups excluding carboxylic acids is 1. The van der Waals surface area contributed by atoms with E-state index >= 15 is 0 Å². The molecule has 0 aliphatic carbocycles. The Hall–Kier alpha value is -2.18. The second-order valence-electron chi connectivity index (χ2n) is 4.37. The molecule has 1 amide bonds. The molecule has 0 spiro atoms. The number of carbonyl (C=O) groups is 1. The van der Waals surface area contributed by atoms with Crippen LogP contribution in [0.25, 0.3) is 0 Å². The summed E-state index contributed by atoms with van der Waals surface area (Å²) in [5, 5.41) is 11.3. The number of rotatable bonds is 5. The first-order chi connectivity index (χ1) is 9.42. The summed E-state index contributed by atoms with van der Waals surface area (Å²) in [6.45, 7) is 3.28. The highest BCUT2D eigenvalue weighted by Gasteiger charge is 2.24. The number of nitrogens with two attached hydrogens (primary N) is 1. The number of halogens is 2. The van der Waals surface area contributed by atoms with Crippen LogP contribution < -0.4 is 5.73 Å². The number of nitrogens with zero attached hydrogens (tertiary/aromatic N) is 2. The van der Waals surface area contributed by atoms with E-state index in [0.717, 1.165) is 11.0 Å². The van der Waals surface area contributed by atoms with E-state index in [9.17, 15) is 13.6 Å². The van der Waals surface area contributed by atoms with Gasteiger partial charge in [-0.2, -0.15) is 0 Å². The fourth-order valence-electron chi connectivity index (χ4n) is 1.76. The Morgan fingerprint density at radius 2 is 2.10 bits per heavy atom. The molecule has 0 bridgehead atoms. The van der Waals surface area contributed by atoms with Crippen molar-refractivity contribution >= 4 is 11.7 Å². The first kappa shape index (κ1) is 15.9. The standard InChI is InChI=1S/C13H17F2N3O2/c1-3-6-18(7-10(16)17-20)13(19)11-9(14)5-4-8(2)12(11)15/h4-5,20H,3,6-7H2,1-2H3,(H2,16,17). The van der Waals surface area contributed by atoms with E-state index in [0.29, 0.717) is 6.42 Å². The maximum absolute atomic E-state index is 13.9. The van der Waals surface area contributed by atoms with Crippen molar-refractivity contribution in [1.82, 2.24) is 4.90 Å². The van der Waals surface area contributed by atoms with E-state index in [4.69, 9.17) is 10.9 Å². The third-order valence-electron chi connectivity index (χ3n) is 2.76. The minimum atomic E-state index is -0.932. The van der Waals surface area contributed by atoms with Gasteiger partial charge in [0, 0.05) is 6.54 Å². The van der Waals surface area contributed by atoms with Gasteiger partial charge in [0.1, 0.15) is 17.2 Å². The lowest BCUT2D eigenvalue weighted by Crippen LogP contribution is -2.40. The molecular formula is C13H17F2N3O2. The number of hydrogen-bond donors (Lipinski definition) is 2. The van der Waals surface area contributed by atoms with Crippen LogP contribution in [0.4, 0.5) is 8.78 Å². The fraction of sp³-hybridized carbons (Fsp3) is 0.385. The van der Waals surface area contributed by atoms with Crippen molar-refractivity contribution in [2.24, 2.45) is 10.9 Å². The summed E-state index contributed by atoms with van der Waals surface area (Å²) in [7, 11) is 0. The van der Waals surface area contributed by atoms with Crippen LogP contribution in [-0.2, 0) is 0 Å². The van der Waals surface area contributed by atoms with Crippen LogP contribution in [-0.4, -0.2) is 34.9 Å². The summed E-state index contributed by atoms with van der Waals surface area (Å²) in [6, 6.07) is 2.30. The summed E-state index contributed by atoms with van der Waals surface area (Å²) in [5.74, 6) is -2.85. The minimum Gasteiger partial charge on any atom is -0.409 e. The highest BCUT2D eigenvalue weighted by Crippen LogP contribution is 2.18. The van der Waals surface area contributed by atoms with E-state index in [1.54, 1.807) is 6.92 Å². The number of benzene rings is 1. The molecule has 0 heterocycles. The van der Waals surface area contributed by atoms with Crippen molar-refractivity contribution < 1.29 is 18.8 Å². The highest BCUT2D eigenvalue weighted by molar-refractivity contribution is 5.97. The van der Waals surface area contributed by atoms with Crippen LogP contribution in [0.5, 0.6) is 0 Å². The molecule has 5 nitrogen and oxygen atoms in total. The van der Waals surface area contributed by atoms with Gasteiger partial charge in [0.2, 0.25) is 0 Å². The van der Waals surface area contributed by atoms with E-state index in [-0.39, 0.29) is 24.5 Å². The normalized spacial score (nSPS) is 11.5. The molecule has 0 saturated heterocycles. The van der Waals surface area contributed by atoms with Crippen molar-refractivity contribution in [1.29, 1.82) is 0 Å². The first-order valence-corrected chi connectivity index (χ1v) is 6.12. The van der Waals surface area contributed by atoms with E-state index in [2.05, 4.69) is 5.16 Å². The van der Waals surface area contributed by atoms with E-state index in [1.807, 2.05) is 0 Å². The molecule has 0 aliphatic heterocycles. The Morgan fingerprint density at radius 1 is 1.45 bits per heavy atom. The van der Waals surface area contributed by atoms with Crippen molar-refractivity contribution in [2.45, 2.75) is 20.3 Å². The Labute approximate surface area is 115 Å².